The predicted molar refractivity (Wildman–Crippen MR) is 84.3 cm³/mol. The number of hydrogen-bond acceptors (Lipinski definition) is 4. The number of carbonyl (C=O) groups excluding carboxylic acids is 2. The lowest BCUT2D eigenvalue weighted by Crippen LogP contribution is -2.25. The highest BCUT2D eigenvalue weighted by Gasteiger charge is 2.31. The molecule has 0 aliphatic carbocycles. The van der Waals surface area contributed by atoms with Crippen LogP contribution in [0.15, 0.2) is 24.3 Å². The van der Waals surface area contributed by atoms with E-state index >= 15 is 0 Å². The van der Waals surface area contributed by atoms with Crippen molar-refractivity contribution in [1.82, 2.24) is 5.32 Å². The number of hydrogen-bond donors (Lipinski definition) is 1. The molecule has 1 aromatic carbocycles. The number of thioether (sulfide) groups is 1. The van der Waals surface area contributed by atoms with Crippen molar-refractivity contribution in [2.24, 2.45) is 0 Å². The van der Waals surface area contributed by atoms with Crippen molar-refractivity contribution in [2.75, 3.05) is 7.11 Å². The Hall–Kier alpha value is -1.49. The molecule has 1 saturated heterocycles. The molecule has 1 aliphatic rings. The number of rotatable bonds is 3. The van der Waals surface area contributed by atoms with Gasteiger partial charge in [-0.15, -0.1) is 0 Å². The van der Waals surface area contributed by atoms with Crippen LogP contribution in [0.2, 0.25) is 0 Å². The number of imide groups is 1. The summed E-state index contributed by atoms with van der Waals surface area (Å²) in [6.07, 6.45) is 0.562. The van der Waals surface area contributed by atoms with Gasteiger partial charge < -0.3 is 4.74 Å². The maximum absolute atomic E-state index is 11.3. The van der Waals surface area contributed by atoms with Gasteiger partial charge in [-0.05, 0) is 24.1 Å². The summed E-state index contributed by atoms with van der Waals surface area (Å²) < 4.78 is 5.04. The first-order valence-corrected chi connectivity index (χ1v) is 7.71. The van der Waals surface area contributed by atoms with Crippen LogP contribution < -0.4 is 10.1 Å². The van der Waals surface area contributed by atoms with Gasteiger partial charge in [-0.25, -0.2) is 0 Å². The standard InChI is InChI=1S/C11H11NO3S.2C2H6/c1-15-8-4-2-7(3-5-8)6-9-10(13)12-11(14)16-9;2*1-2/h2-5,9H,6H2,1H3,(H,12,13,14);2*1-2H3. The van der Waals surface area contributed by atoms with Crippen LogP contribution in [0.1, 0.15) is 33.3 Å². The van der Waals surface area contributed by atoms with Crippen LogP contribution in [-0.2, 0) is 11.2 Å². The maximum Gasteiger partial charge on any atom is 0.286 e. The van der Waals surface area contributed by atoms with Gasteiger partial charge in [0.25, 0.3) is 5.24 Å². The highest BCUT2D eigenvalue weighted by Crippen LogP contribution is 2.23. The highest BCUT2D eigenvalue weighted by molar-refractivity contribution is 8.15. The molecule has 1 fully saturated rings. The number of carbonyl (C=O) groups is 2. The lowest BCUT2D eigenvalue weighted by molar-refractivity contribution is -0.118. The molecule has 1 heterocycles. The first-order chi connectivity index (χ1) is 9.69. The zero-order valence-electron chi connectivity index (χ0n) is 12.7. The Morgan fingerprint density at radius 3 is 2.05 bits per heavy atom. The van der Waals surface area contributed by atoms with E-state index in [-0.39, 0.29) is 16.4 Å². The first kappa shape index (κ1) is 18.5. The average Bonchev–Trinajstić information content (AvgIpc) is 2.82. The van der Waals surface area contributed by atoms with Crippen LogP contribution in [-0.4, -0.2) is 23.5 Å². The molecule has 1 aromatic rings. The molecule has 5 heteroatoms. The van der Waals surface area contributed by atoms with Crippen molar-refractivity contribution in [3.8, 4) is 5.75 Å². The minimum absolute atomic E-state index is 0.203. The smallest absolute Gasteiger partial charge is 0.286 e. The fraction of sp³-hybridized carbons (Fsp3) is 0.467. The molecule has 1 aliphatic heterocycles. The third-order valence-electron chi connectivity index (χ3n) is 2.35. The van der Waals surface area contributed by atoms with E-state index in [0.717, 1.165) is 23.1 Å². The number of nitrogens with one attached hydrogen (secondary N) is 1. The van der Waals surface area contributed by atoms with Crippen molar-refractivity contribution in [1.29, 1.82) is 0 Å². The molecule has 2 rings (SSSR count). The van der Waals surface area contributed by atoms with Crippen LogP contribution >= 0.6 is 11.8 Å². The molecule has 4 nitrogen and oxygen atoms in total. The van der Waals surface area contributed by atoms with E-state index in [9.17, 15) is 9.59 Å². The number of ether oxygens (including phenoxy) is 1. The molecule has 1 unspecified atom stereocenters. The first-order valence-electron chi connectivity index (χ1n) is 6.83. The number of benzene rings is 1. The largest absolute Gasteiger partial charge is 0.497 e. The van der Waals surface area contributed by atoms with Crippen LogP contribution in [0.25, 0.3) is 0 Å². The van der Waals surface area contributed by atoms with E-state index in [2.05, 4.69) is 5.32 Å². The van der Waals surface area contributed by atoms with Crippen LogP contribution in [0.4, 0.5) is 4.79 Å². The number of methoxy groups -OCH3 is 1. The van der Waals surface area contributed by atoms with Gasteiger partial charge in [-0.1, -0.05) is 51.6 Å². The molecular weight excluding hydrogens is 274 g/mol. The molecule has 20 heavy (non-hydrogen) atoms. The molecule has 0 bridgehead atoms. The summed E-state index contributed by atoms with van der Waals surface area (Å²) >= 11 is 1.05. The lowest BCUT2D eigenvalue weighted by atomic mass is 10.1. The topological polar surface area (TPSA) is 55.4 Å². The van der Waals surface area contributed by atoms with Crippen LogP contribution in [0.5, 0.6) is 5.75 Å². The molecule has 0 spiro atoms. The summed E-state index contributed by atoms with van der Waals surface area (Å²) in [6, 6.07) is 7.48. The monoisotopic (exact) mass is 297 g/mol. The third kappa shape index (κ3) is 5.65. The van der Waals surface area contributed by atoms with Crippen molar-refractivity contribution in [3.63, 3.8) is 0 Å². The minimum atomic E-state index is -0.305. The Bertz CT molecular complexity index is 418. The molecule has 1 N–H and O–H groups in total. The van der Waals surface area contributed by atoms with E-state index in [1.165, 1.54) is 0 Å². The fourth-order valence-corrected chi connectivity index (χ4v) is 2.36. The zero-order chi connectivity index (χ0) is 15.5. The summed E-state index contributed by atoms with van der Waals surface area (Å²) in [6.45, 7) is 8.00. The van der Waals surface area contributed by atoms with E-state index in [4.69, 9.17) is 4.74 Å². The van der Waals surface area contributed by atoms with Crippen molar-refractivity contribution < 1.29 is 14.3 Å². The van der Waals surface area contributed by atoms with Gasteiger partial charge in [0.2, 0.25) is 5.91 Å². The Morgan fingerprint density at radius 1 is 1.10 bits per heavy atom. The Balaban J connectivity index is 0.000000829. The normalized spacial score (nSPS) is 16.4. The lowest BCUT2D eigenvalue weighted by Gasteiger charge is -2.06. The summed E-state index contributed by atoms with van der Waals surface area (Å²) in [4.78, 5) is 22.3. The van der Waals surface area contributed by atoms with Gasteiger partial charge in [0.05, 0.1) is 12.4 Å². The summed E-state index contributed by atoms with van der Waals surface area (Å²) in [5, 5.41) is 1.70. The van der Waals surface area contributed by atoms with Gasteiger partial charge in [0, 0.05) is 0 Å². The van der Waals surface area contributed by atoms with Crippen LogP contribution in [0.3, 0.4) is 0 Å². The van der Waals surface area contributed by atoms with Crippen molar-refractivity contribution in [3.05, 3.63) is 29.8 Å². The molecular formula is C15H23NO3S. The molecule has 1 atom stereocenters. The van der Waals surface area contributed by atoms with Crippen molar-refractivity contribution >= 4 is 22.9 Å². The second kappa shape index (κ2) is 10.3. The van der Waals surface area contributed by atoms with E-state index in [0.29, 0.717) is 6.42 Å². The summed E-state index contributed by atoms with van der Waals surface area (Å²) in [7, 11) is 1.61. The second-order valence-electron chi connectivity index (χ2n) is 3.44. The summed E-state index contributed by atoms with van der Waals surface area (Å²) in [5.41, 5.74) is 1.02. The van der Waals surface area contributed by atoms with Gasteiger partial charge >= 0.3 is 0 Å². The number of amides is 2. The fourth-order valence-electron chi connectivity index (χ4n) is 1.50. The molecule has 112 valence electrons. The summed E-state index contributed by atoms with van der Waals surface area (Å²) in [5.74, 6) is 0.578. The van der Waals surface area contributed by atoms with E-state index < -0.39 is 0 Å². The SMILES string of the molecule is CC.CC.COc1ccc(CC2SC(=O)NC2=O)cc1. The third-order valence-corrected chi connectivity index (χ3v) is 3.33. The molecule has 0 radical (unpaired) electrons. The molecule has 0 saturated carbocycles. The maximum atomic E-state index is 11.3. The zero-order valence-corrected chi connectivity index (χ0v) is 13.5. The highest BCUT2D eigenvalue weighted by atomic mass is 32.2. The van der Waals surface area contributed by atoms with Gasteiger partial charge in [0.1, 0.15) is 5.75 Å². The second-order valence-corrected chi connectivity index (χ2v) is 4.61. The minimum Gasteiger partial charge on any atom is -0.497 e. The average molecular weight is 297 g/mol. The molecule has 2 amide bonds. The Kier molecular flexibility index (Phi) is 9.55. The quantitative estimate of drug-likeness (QED) is 0.925. The Morgan fingerprint density at radius 2 is 1.65 bits per heavy atom. The van der Waals surface area contributed by atoms with E-state index in [1.807, 2.05) is 52.0 Å². The van der Waals surface area contributed by atoms with Gasteiger partial charge in [-0.2, -0.15) is 0 Å². The van der Waals surface area contributed by atoms with Crippen molar-refractivity contribution in [2.45, 2.75) is 39.4 Å². The predicted octanol–water partition coefficient (Wildman–Crippen LogP) is 3.64. The van der Waals surface area contributed by atoms with Gasteiger partial charge in [-0.3, -0.25) is 14.9 Å². The Labute approximate surface area is 125 Å². The van der Waals surface area contributed by atoms with Crippen LogP contribution in [0, 0.1) is 0 Å². The molecule has 0 aromatic heterocycles. The van der Waals surface area contributed by atoms with Gasteiger partial charge in [0.15, 0.2) is 0 Å². The van der Waals surface area contributed by atoms with E-state index in [1.54, 1.807) is 7.11 Å².